The molecule has 0 aliphatic carbocycles. The van der Waals surface area contributed by atoms with E-state index in [-0.39, 0.29) is 18.3 Å². The smallest absolute Gasteiger partial charge is 0.450 e. The highest BCUT2D eigenvalue weighted by atomic mass is 35.5. The first-order valence-electron chi connectivity index (χ1n) is 22.6. The molecule has 0 aromatic heterocycles. The zero-order valence-electron chi connectivity index (χ0n) is 39.4. The number of aliphatic carboxylic acids is 1. The fraction of sp³-hybridized carbons (Fsp3) is 0.291. The van der Waals surface area contributed by atoms with E-state index in [1.54, 1.807) is 12.1 Å². The van der Waals surface area contributed by atoms with Gasteiger partial charge in [-0.15, -0.1) is 0 Å². The summed E-state index contributed by atoms with van der Waals surface area (Å²) in [5.74, 6) is -4.55. The number of esters is 1. The predicted molar refractivity (Wildman–Crippen MR) is 275 cm³/mol. The van der Waals surface area contributed by atoms with Crippen molar-refractivity contribution in [2.75, 3.05) is 60.6 Å². The predicted octanol–water partition coefficient (Wildman–Crippen LogP) is 12.8. The Balaban J connectivity index is 0.000000269. The average Bonchev–Trinajstić information content (AvgIpc) is 3.35. The lowest BCUT2D eigenvalue weighted by atomic mass is 9.91. The Kier molecular flexibility index (Phi) is 22.1. The maximum atomic E-state index is 12.9. The number of carboxylic acid groups (broad SMARTS) is 1. The Bertz CT molecular complexity index is 2500. The largest absolute Gasteiger partial charge is 0.492 e. The van der Waals surface area contributed by atoms with Crippen LogP contribution in [0.15, 0.2) is 146 Å². The number of aryl methyl sites for hydroxylation is 1. The summed E-state index contributed by atoms with van der Waals surface area (Å²) < 4.78 is 54.7. The van der Waals surface area contributed by atoms with Crippen LogP contribution in [0.1, 0.15) is 51.6 Å². The van der Waals surface area contributed by atoms with Crippen LogP contribution in [0.4, 0.5) is 13.2 Å². The number of halogens is 7. The summed E-state index contributed by atoms with van der Waals surface area (Å²) in [5.41, 5.74) is 5.98. The number of hydrogen-bond acceptors (Lipinski definition) is 8. The Labute approximate surface area is 433 Å². The zero-order chi connectivity index (χ0) is 51.5. The van der Waals surface area contributed by atoms with Gasteiger partial charge in [0.15, 0.2) is 0 Å². The number of ketones is 1. The second kappa shape index (κ2) is 27.9. The van der Waals surface area contributed by atoms with E-state index >= 15 is 0 Å². The molecule has 6 rings (SSSR count). The number of rotatable bonds is 23. The molecule has 0 saturated carbocycles. The normalized spacial score (nSPS) is 11.9. The molecule has 0 bridgehead atoms. The summed E-state index contributed by atoms with van der Waals surface area (Å²) >= 11 is 24.3. The molecule has 0 fully saturated rings. The van der Waals surface area contributed by atoms with Crippen molar-refractivity contribution in [3.05, 3.63) is 199 Å². The van der Waals surface area contributed by atoms with Crippen LogP contribution in [0.3, 0.4) is 0 Å². The number of carbonyl (C=O) groups is 3. The van der Waals surface area contributed by atoms with Crippen molar-refractivity contribution in [2.45, 2.75) is 37.3 Å². The van der Waals surface area contributed by atoms with Gasteiger partial charge in [0, 0.05) is 64.5 Å². The fourth-order valence-corrected chi connectivity index (χ4v) is 8.12. The molecule has 0 saturated heterocycles. The first kappa shape index (κ1) is 56.3. The van der Waals surface area contributed by atoms with E-state index < -0.39 is 36.2 Å². The van der Waals surface area contributed by atoms with Gasteiger partial charge < -0.3 is 29.1 Å². The van der Waals surface area contributed by atoms with Gasteiger partial charge in [-0.25, -0.2) is 0 Å². The number of likely N-dealkylation sites (N-methyl/N-ethyl adjacent to an activating group) is 2. The minimum Gasteiger partial charge on any atom is -0.492 e. The molecule has 71 heavy (non-hydrogen) atoms. The summed E-state index contributed by atoms with van der Waals surface area (Å²) in [5, 5.41) is 11.6. The number of nitrogens with zero attached hydrogens (tertiary/aromatic N) is 2. The molecule has 1 N–H and O–H groups in total. The summed E-state index contributed by atoms with van der Waals surface area (Å²) in [4.78, 5) is 38.5. The summed E-state index contributed by atoms with van der Waals surface area (Å²) in [6, 6.07) is 45.2. The molecule has 376 valence electrons. The van der Waals surface area contributed by atoms with Crippen molar-refractivity contribution in [2.24, 2.45) is 5.92 Å². The maximum Gasteiger partial charge on any atom is 0.450 e. The highest BCUT2D eigenvalue weighted by molar-refractivity contribution is 6.31. The van der Waals surface area contributed by atoms with Crippen molar-refractivity contribution in [3.63, 3.8) is 0 Å². The lowest BCUT2D eigenvalue weighted by Gasteiger charge is -2.25. The van der Waals surface area contributed by atoms with E-state index in [9.17, 15) is 27.6 Å². The number of benzene rings is 6. The highest BCUT2D eigenvalue weighted by Gasteiger charge is 2.46. The lowest BCUT2D eigenvalue weighted by molar-refractivity contribution is -0.180. The van der Waals surface area contributed by atoms with E-state index in [0.29, 0.717) is 54.1 Å². The van der Waals surface area contributed by atoms with E-state index in [1.807, 2.05) is 104 Å². The first-order valence-corrected chi connectivity index (χ1v) is 24.1. The van der Waals surface area contributed by atoms with Gasteiger partial charge in [0.25, 0.3) is 5.78 Å². The van der Waals surface area contributed by atoms with Crippen LogP contribution in [0.5, 0.6) is 11.5 Å². The molecular weight excluding hydrogens is 999 g/mol. The minimum atomic E-state index is -5.13. The van der Waals surface area contributed by atoms with Crippen LogP contribution in [0, 0.1) is 5.92 Å². The molecule has 0 aliphatic rings. The molecule has 0 aliphatic heterocycles. The van der Waals surface area contributed by atoms with E-state index in [0.717, 1.165) is 52.7 Å². The third-order valence-corrected chi connectivity index (χ3v) is 12.6. The molecular formula is C55H55Cl4F3N2O7. The van der Waals surface area contributed by atoms with Crippen LogP contribution < -0.4 is 9.47 Å². The van der Waals surface area contributed by atoms with Crippen molar-refractivity contribution in [1.82, 2.24) is 9.80 Å². The quantitative estimate of drug-likeness (QED) is 0.0496. The summed E-state index contributed by atoms with van der Waals surface area (Å²) in [7, 11) is 5.01. The van der Waals surface area contributed by atoms with E-state index in [2.05, 4.69) is 45.8 Å². The molecule has 6 aromatic carbocycles. The first-order chi connectivity index (χ1) is 33.9. The van der Waals surface area contributed by atoms with Gasteiger partial charge in [-0.1, -0.05) is 119 Å². The third kappa shape index (κ3) is 18.8. The van der Waals surface area contributed by atoms with Gasteiger partial charge in [-0.3, -0.25) is 14.4 Å². The second-order valence-corrected chi connectivity index (χ2v) is 18.6. The van der Waals surface area contributed by atoms with Gasteiger partial charge in [0.05, 0.1) is 7.11 Å². The van der Waals surface area contributed by atoms with Crippen molar-refractivity contribution in [3.8, 4) is 11.5 Å². The van der Waals surface area contributed by atoms with Gasteiger partial charge in [-0.05, 0) is 133 Å². The molecule has 9 nitrogen and oxygen atoms in total. The van der Waals surface area contributed by atoms with Crippen molar-refractivity contribution >= 4 is 64.1 Å². The number of ether oxygens (including phenoxy) is 3. The molecule has 1 atom stereocenters. The Morgan fingerprint density at radius 1 is 0.549 bits per heavy atom. The topological polar surface area (TPSA) is 106 Å². The number of Topliss-reactive ketones (excluding diaryl/α,β-unsaturated/α-hetero) is 1. The number of methoxy groups -OCH3 is 1. The number of hydrogen-bond donors (Lipinski definition) is 1. The Morgan fingerprint density at radius 2 is 0.887 bits per heavy atom. The Morgan fingerprint density at radius 3 is 1.20 bits per heavy atom. The molecule has 16 heteroatoms. The molecule has 6 aromatic rings. The van der Waals surface area contributed by atoms with Gasteiger partial charge in [0.1, 0.15) is 30.6 Å². The Hall–Kier alpha value is -5.60. The second-order valence-electron chi connectivity index (χ2n) is 16.9. The molecule has 0 heterocycles. The molecule has 0 amide bonds. The SMILES string of the molecule is CN(CCOc1ccc(CCC(=O)O)cc1)CC(c1ccc(Cl)cc1)c1ccc(Cl)cc1.COC(=O)C(Cc1ccc(OCCN(C)CC(c2ccc(Cl)cc2)c2ccc(Cl)cc2)cc1)C(=O)C(F)(F)F. The van der Waals surface area contributed by atoms with E-state index in [4.69, 9.17) is 61.0 Å². The van der Waals surface area contributed by atoms with Crippen molar-refractivity contribution < 1.29 is 46.9 Å². The van der Waals surface area contributed by atoms with Gasteiger partial charge >= 0.3 is 18.1 Å². The average molecular weight is 1050 g/mol. The number of carbonyl (C=O) groups excluding carboxylic acids is 2. The van der Waals surface area contributed by atoms with Gasteiger partial charge in [-0.2, -0.15) is 13.2 Å². The van der Waals surface area contributed by atoms with Crippen LogP contribution >= 0.6 is 46.4 Å². The van der Waals surface area contributed by atoms with E-state index in [1.165, 1.54) is 23.3 Å². The van der Waals surface area contributed by atoms with Crippen LogP contribution in [0.2, 0.25) is 20.1 Å². The summed E-state index contributed by atoms with van der Waals surface area (Å²) in [6.07, 6.45) is -4.90. The number of alkyl halides is 3. The highest BCUT2D eigenvalue weighted by Crippen LogP contribution is 2.30. The molecule has 0 radical (unpaired) electrons. The summed E-state index contributed by atoms with van der Waals surface area (Å²) in [6.45, 7) is 3.80. The van der Waals surface area contributed by atoms with Crippen molar-refractivity contribution in [1.29, 1.82) is 0 Å². The number of carboxylic acids is 1. The van der Waals surface area contributed by atoms with Gasteiger partial charge in [0.2, 0.25) is 0 Å². The minimum absolute atomic E-state index is 0.0750. The standard InChI is InChI=1S/C29H28Cl2F3NO4.C26H27Cl2NO3/c1-35(18-26(20-5-9-22(30)10-6-20)21-7-11-23(31)12-8-21)15-16-39-24-13-3-19(4-14-24)17-25(28(37)38-2)27(36)29(32,33)34;1-29(16-17-32-24-13-2-19(3-14-24)4-15-26(30)31)18-25(20-5-9-22(27)10-6-20)21-7-11-23(28)12-8-21/h3-14,25-26H,15-18H2,1-2H3;2-3,5-14,25H,4,15-18H2,1H3,(H,30,31). The van der Waals surface area contributed by atoms with Crippen LogP contribution in [-0.2, 0) is 32.0 Å². The van der Waals surface area contributed by atoms with Crippen LogP contribution in [0.25, 0.3) is 0 Å². The third-order valence-electron chi connectivity index (χ3n) is 11.6. The van der Waals surface area contributed by atoms with Crippen LogP contribution in [-0.4, -0.2) is 99.4 Å². The fourth-order valence-electron chi connectivity index (χ4n) is 7.62. The maximum absolute atomic E-state index is 12.9. The molecule has 1 unspecified atom stereocenters. The monoisotopic (exact) mass is 1050 g/mol. The zero-order valence-corrected chi connectivity index (χ0v) is 42.4. The molecule has 0 spiro atoms. The lowest BCUT2D eigenvalue weighted by Crippen LogP contribution is -2.37.